The molecule has 1 unspecified atom stereocenters. The van der Waals surface area contributed by atoms with Crippen molar-refractivity contribution >= 4 is 39.1 Å². The van der Waals surface area contributed by atoms with Crippen LogP contribution in [0.25, 0.3) is 0 Å². The summed E-state index contributed by atoms with van der Waals surface area (Å²) in [6.45, 7) is 4.93. The Hall–Kier alpha value is -0.550. The summed E-state index contributed by atoms with van der Waals surface area (Å²) in [5, 5.41) is 9.19. The molecule has 1 heterocycles. The van der Waals surface area contributed by atoms with Crippen molar-refractivity contribution in [1.82, 2.24) is 15.1 Å². The molecule has 1 atom stereocenters. The van der Waals surface area contributed by atoms with Gasteiger partial charge in [-0.3, -0.25) is 4.68 Å². The number of aromatic nitrogens is 2. The molecule has 3 nitrogen and oxygen atoms in total. The molecular weight excluding hydrogens is 373 g/mol. The molecule has 0 fully saturated rings. The zero-order chi connectivity index (χ0) is 15.6. The molecule has 1 aromatic heterocycles. The van der Waals surface area contributed by atoms with Crippen LogP contribution >= 0.6 is 39.1 Å². The van der Waals surface area contributed by atoms with Crippen molar-refractivity contribution in [3.05, 3.63) is 49.7 Å². The van der Waals surface area contributed by atoms with Crippen molar-refractivity contribution in [3.8, 4) is 0 Å². The minimum absolute atomic E-state index is 0.104. The maximum Gasteiger partial charge on any atom is 0.0738 e. The van der Waals surface area contributed by atoms with E-state index in [9.17, 15) is 0 Å². The van der Waals surface area contributed by atoms with E-state index >= 15 is 0 Å². The summed E-state index contributed by atoms with van der Waals surface area (Å²) in [7, 11) is 1.93. The molecule has 0 bridgehead atoms. The maximum atomic E-state index is 6.33. The van der Waals surface area contributed by atoms with E-state index in [-0.39, 0.29) is 6.04 Å². The van der Waals surface area contributed by atoms with Crippen molar-refractivity contribution in [2.45, 2.75) is 32.9 Å². The number of aryl methyl sites for hydroxylation is 2. The quantitative estimate of drug-likeness (QED) is 0.795. The Morgan fingerprint density at radius 2 is 2.10 bits per heavy atom. The van der Waals surface area contributed by atoms with Gasteiger partial charge in [-0.15, -0.1) is 0 Å². The van der Waals surface area contributed by atoms with Crippen molar-refractivity contribution in [1.29, 1.82) is 0 Å². The van der Waals surface area contributed by atoms with Crippen LogP contribution in [0.1, 0.15) is 29.9 Å². The van der Waals surface area contributed by atoms with Crippen molar-refractivity contribution in [3.63, 3.8) is 0 Å². The van der Waals surface area contributed by atoms with Crippen LogP contribution in [0.4, 0.5) is 0 Å². The standard InChI is InChI=1S/C15H18BrCl2N3/c1-4-21-14(15(16)9(2)20-21)8-13(19-3)11-6-5-10(17)7-12(11)18/h5-7,13,19H,4,8H2,1-3H3. The molecule has 0 spiro atoms. The maximum absolute atomic E-state index is 6.33. The predicted octanol–water partition coefficient (Wildman–Crippen LogP) is 4.78. The van der Waals surface area contributed by atoms with E-state index in [1.165, 1.54) is 5.69 Å². The lowest BCUT2D eigenvalue weighted by Gasteiger charge is -2.19. The van der Waals surface area contributed by atoms with E-state index in [1.807, 2.05) is 30.8 Å². The van der Waals surface area contributed by atoms with Gasteiger partial charge in [0, 0.05) is 29.1 Å². The lowest BCUT2D eigenvalue weighted by molar-refractivity contribution is 0.540. The van der Waals surface area contributed by atoms with Crippen LogP contribution in [-0.2, 0) is 13.0 Å². The molecule has 21 heavy (non-hydrogen) atoms. The third-order valence-corrected chi connectivity index (χ3v) is 5.13. The summed E-state index contributed by atoms with van der Waals surface area (Å²) in [5.41, 5.74) is 3.21. The second kappa shape index (κ2) is 7.14. The van der Waals surface area contributed by atoms with Gasteiger partial charge >= 0.3 is 0 Å². The van der Waals surface area contributed by atoms with E-state index in [0.717, 1.165) is 28.7 Å². The van der Waals surface area contributed by atoms with Gasteiger partial charge in [0.2, 0.25) is 0 Å². The highest BCUT2D eigenvalue weighted by molar-refractivity contribution is 9.10. The van der Waals surface area contributed by atoms with Gasteiger partial charge in [0.05, 0.1) is 15.9 Å². The average molecular weight is 391 g/mol. The Morgan fingerprint density at radius 3 is 2.67 bits per heavy atom. The Morgan fingerprint density at radius 1 is 1.38 bits per heavy atom. The van der Waals surface area contributed by atoms with Crippen LogP contribution in [0.5, 0.6) is 0 Å². The van der Waals surface area contributed by atoms with Crippen LogP contribution < -0.4 is 5.32 Å². The fourth-order valence-corrected chi connectivity index (χ4v) is 3.40. The van der Waals surface area contributed by atoms with Gasteiger partial charge in [-0.05, 0) is 54.5 Å². The molecular formula is C15H18BrCl2N3. The molecule has 0 aliphatic carbocycles. The molecule has 0 aliphatic rings. The van der Waals surface area contributed by atoms with Gasteiger partial charge in [-0.25, -0.2) is 0 Å². The highest BCUT2D eigenvalue weighted by Gasteiger charge is 2.19. The summed E-state index contributed by atoms with van der Waals surface area (Å²) in [5.74, 6) is 0. The molecule has 0 aliphatic heterocycles. The van der Waals surface area contributed by atoms with Crippen molar-refractivity contribution in [2.24, 2.45) is 0 Å². The molecule has 114 valence electrons. The summed E-state index contributed by atoms with van der Waals surface area (Å²) >= 11 is 15.9. The third kappa shape index (κ3) is 3.62. The van der Waals surface area contributed by atoms with E-state index in [0.29, 0.717) is 10.0 Å². The smallest absolute Gasteiger partial charge is 0.0738 e. The van der Waals surface area contributed by atoms with Gasteiger partial charge in [0.1, 0.15) is 0 Å². The zero-order valence-electron chi connectivity index (χ0n) is 12.3. The number of benzene rings is 1. The monoisotopic (exact) mass is 389 g/mol. The van der Waals surface area contributed by atoms with Crippen LogP contribution in [-0.4, -0.2) is 16.8 Å². The molecule has 6 heteroatoms. The second-order valence-corrected chi connectivity index (χ2v) is 6.51. The van der Waals surface area contributed by atoms with Crippen molar-refractivity contribution < 1.29 is 0 Å². The van der Waals surface area contributed by atoms with Gasteiger partial charge in [0.25, 0.3) is 0 Å². The molecule has 1 N–H and O–H groups in total. The van der Waals surface area contributed by atoms with Gasteiger partial charge in [-0.2, -0.15) is 5.10 Å². The lowest BCUT2D eigenvalue weighted by Crippen LogP contribution is -2.21. The number of nitrogens with one attached hydrogen (secondary N) is 1. The molecule has 2 aromatic rings. The molecule has 1 aromatic carbocycles. The average Bonchev–Trinajstić information content (AvgIpc) is 2.72. The van der Waals surface area contributed by atoms with Crippen molar-refractivity contribution in [2.75, 3.05) is 7.05 Å². The summed E-state index contributed by atoms with van der Waals surface area (Å²) in [4.78, 5) is 0. The first-order valence-corrected chi connectivity index (χ1v) is 8.36. The molecule has 0 saturated heterocycles. The fraction of sp³-hybridized carbons (Fsp3) is 0.400. The van der Waals surface area contributed by atoms with Gasteiger partial charge in [0.15, 0.2) is 0 Å². The molecule has 0 saturated carbocycles. The number of hydrogen-bond acceptors (Lipinski definition) is 2. The van der Waals surface area contributed by atoms with E-state index in [2.05, 4.69) is 33.3 Å². The van der Waals surface area contributed by atoms with Crippen LogP contribution in [0, 0.1) is 6.92 Å². The Bertz CT molecular complexity index is 640. The minimum atomic E-state index is 0.104. The SMILES string of the molecule is CCn1nc(C)c(Br)c1CC(NC)c1ccc(Cl)cc1Cl. The van der Waals surface area contributed by atoms with E-state index in [1.54, 1.807) is 6.07 Å². The number of hydrogen-bond donors (Lipinski definition) is 1. The first kappa shape index (κ1) is 16.8. The summed E-state index contributed by atoms with van der Waals surface area (Å²) in [6.07, 6.45) is 0.799. The number of likely N-dealkylation sites (N-methyl/N-ethyl adjacent to an activating group) is 1. The summed E-state index contributed by atoms with van der Waals surface area (Å²) < 4.78 is 3.09. The van der Waals surface area contributed by atoms with E-state index < -0.39 is 0 Å². The Kier molecular flexibility index (Phi) is 5.72. The molecule has 2 rings (SSSR count). The molecule has 0 amide bonds. The van der Waals surface area contributed by atoms with Gasteiger partial charge in [-0.1, -0.05) is 29.3 Å². The summed E-state index contributed by atoms with van der Waals surface area (Å²) in [6, 6.07) is 5.72. The van der Waals surface area contributed by atoms with E-state index in [4.69, 9.17) is 23.2 Å². The second-order valence-electron chi connectivity index (χ2n) is 4.87. The third-order valence-electron chi connectivity index (χ3n) is 3.54. The normalized spacial score (nSPS) is 12.7. The Balaban J connectivity index is 2.35. The number of nitrogens with zero attached hydrogens (tertiary/aromatic N) is 2. The van der Waals surface area contributed by atoms with Crippen LogP contribution in [0.2, 0.25) is 10.0 Å². The first-order valence-electron chi connectivity index (χ1n) is 6.81. The fourth-order valence-electron chi connectivity index (χ4n) is 2.41. The zero-order valence-corrected chi connectivity index (χ0v) is 15.3. The predicted molar refractivity (Wildman–Crippen MR) is 92.3 cm³/mol. The van der Waals surface area contributed by atoms with Crippen LogP contribution in [0.15, 0.2) is 22.7 Å². The van der Waals surface area contributed by atoms with Gasteiger partial charge < -0.3 is 5.32 Å². The highest BCUT2D eigenvalue weighted by Crippen LogP contribution is 2.31. The minimum Gasteiger partial charge on any atom is -0.313 e. The Labute approximate surface area is 143 Å². The first-order chi connectivity index (χ1) is 9.97. The highest BCUT2D eigenvalue weighted by atomic mass is 79.9. The number of halogens is 3. The lowest BCUT2D eigenvalue weighted by atomic mass is 10.0. The number of rotatable bonds is 5. The van der Waals surface area contributed by atoms with Crippen LogP contribution in [0.3, 0.4) is 0 Å². The molecule has 0 radical (unpaired) electrons. The largest absolute Gasteiger partial charge is 0.313 e. The topological polar surface area (TPSA) is 29.9 Å².